The monoisotopic (exact) mass is 272 g/mol. The zero-order valence-electron chi connectivity index (χ0n) is 5.49. The molecular weight excluding hydrogens is 270 g/mol. The third kappa shape index (κ3) is 1.23. The first-order valence-electron chi connectivity index (χ1n) is 3.11. The molecular formula is C8H4Br2N. The van der Waals surface area contributed by atoms with Gasteiger partial charge in [-0.1, -0.05) is 15.9 Å². The van der Waals surface area contributed by atoms with Crippen LogP contribution in [0.3, 0.4) is 0 Å². The molecule has 2 rings (SSSR count). The van der Waals surface area contributed by atoms with Crippen LogP contribution < -0.4 is 0 Å². The summed E-state index contributed by atoms with van der Waals surface area (Å²) in [6.07, 6.45) is 1.81. The standard InChI is InChI=1S/C8H4Br2N/c9-6-3-5-1-2-11-8(5)7(10)4-6/h2-4,11H. The van der Waals surface area contributed by atoms with E-state index in [4.69, 9.17) is 0 Å². The van der Waals surface area contributed by atoms with Crippen molar-refractivity contribution in [3.8, 4) is 0 Å². The first kappa shape index (κ1) is 7.37. The van der Waals surface area contributed by atoms with Crippen molar-refractivity contribution in [2.24, 2.45) is 0 Å². The summed E-state index contributed by atoms with van der Waals surface area (Å²) in [5.41, 5.74) is 1.09. The van der Waals surface area contributed by atoms with Crippen molar-refractivity contribution in [2.75, 3.05) is 0 Å². The van der Waals surface area contributed by atoms with Gasteiger partial charge in [-0.15, -0.1) is 0 Å². The summed E-state index contributed by atoms with van der Waals surface area (Å²) >= 11 is 6.85. The normalized spacial score (nSPS) is 10.7. The number of H-pyrrole nitrogens is 1. The fourth-order valence-electron chi connectivity index (χ4n) is 1.02. The maximum absolute atomic E-state index is 3.45. The van der Waals surface area contributed by atoms with Crippen LogP contribution in [0.25, 0.3) is 10.9 Å². The Morgan fingerprint density at radius 2 is 2.09 bits per heavy atom. The number of nitrogens with one attached hydrogen (secondary N) is 1. The number of benzene rings is 1. The molecule has 0 fully saturated rings. The van der Waals surface area contributed by atoms with Crippen LogP contribution in [-0.4, -0.2) is 4.98 Å². The van der Waals surface area contributed by atoms with E-state index < -0.39 is 0 Å². The van der Waals surface area contributed by atoms with Gasteiger partial charge in [0.05, 0.1) is 5.52 Å². The molecule has 0 saturated carbocycles. The van der Waals surface area contributed by atoms with Gasteiger partial charge in [0.2, 0.25) is 0 Å². The van der Waals surface area contributed by atoms with Crippen molar-refractivity contribution in [1.82, 2.24) is 4.98 Å². The van der Waals surface area contributed by atoms with Crippen LogP contribution >= 0.6 is 31.9 Å². The van der Waals surface area contributed by atoms with Crippen molar-refractivity contribution in [3.05, 3.63) is 33.3 Å². The number of fused-ring (bicyclic) bond motifs is 1. The number of aromatic amines is 1. The van der Waals surface area contributed by atoms with E-state index in [9.17, 15) is 0 Å². The van der Waals surface area contributed by atoms with Crippen LogP contribution in [0.5, 0.6) is 0 Å². The maximum Gasteiger partial charge on any atom is 0.0605 e. The summed E-state index contributed by atoms with van der Waals surface area (Å²) in [7, 11) is 0. The first-order chi connectivity index (χ1) is 5.27. The van der Waals surface area contributed by atoms with Crippen molar-refractivity contribution >= 4 is 42.8 Å². The summed E-state index contributed by atoms with van der Waals surface area (Å²) in [6, 6.07) is 7.12. The second-order valence-electron chi connectivity index (χ2n) is 2.24. The highest BCUT2D eigenvalue weighted by Gasteiger charge is 2.00. The fourth-order valence-corrected chi connectivity index (χ4v) is 2.36. The van der Waals surface area contributed by atoms with Crippen LogP contribution in [0.2, 0.25) is 0 Å². The molecule has 0 saturated heterocycles. The molecule has 3 heteroatoms. The zero-order chi connectivity index (χ0) is 7.84. The second kappa shape index (κ2) is 2.64. The van der Waals surface area contributed by atoms with E-state index >= 15 is 0 Å². The number of hydrogen-bond donors (Lipinski definition) is 1. The predicted octanol–water partition coefficient (Wildman–Crippen LogP) is 3.49. The molecule has 0 amide bonds. The van der Waals surface area contributed by atoms with E-state index in [0.29, 0.717) is 0 Å². The molecule has 1 aromatic carbocycles. The number of rotatable bonds is 0. The third-order valence-corrected chi connectivity index (χ3v) is 2.58. The average Bonchev–Trinajstić information content (AvgIpc) is 2.34. The lowest BCUT2D eigenvalue weighted by molar-refractivity contribution is 1.46. The summed E-state index contributed by atoms with van der Waals surface area (Å²) in [6.45, 7) is 0. The zero-order valence-corrected chi connectivity index (χ0v) is 8.66. The molecule has 0 spiro atoms. The van der Waals surface area contributed by atoms with E-state index in [1.165, 1.54) is 0 Å². The molecule has 0 aliphatic rings. The van der Waals surface area contributed by atoms with Gasteiger partial charge >= 0.3 is 0 Å². The summed E-state index contributed by atoms with van der Waals surface area (Å²) in [5.74, 6) is 0. The van der Waals surface area contributed by atoms with Crippen LogP contribution in [0.15, 0.2) is 27.3 Å². The molecule has 1 radical (unpaired) electrons. The Bertz CT molecular complexity index is 392. The minimum atomic E-state index is 1.06. The van der Waals surface area contributed by atoms with Gasteiger partial charge in [-0.3, -0.25) is 0 Å². The molecule has 0 atom stereocenters. The van der Waals surface area contributed by atoms with Gasteiger partial charge in [-0.2, -0.15) is 0 Å². The molecule has 0 aliphatic carbocycles. The lowest BCUT2D eigenvalue weighted by Gasteiger charge is -1.94. The molecule has 0 aliphatic heterocycles. The highest BCUT2D eigenvalue weighted by molar-refractivity contribution is 9.11. The smallest absolute Gasteiger partial charge is 0.0605 e. The van der Waals surface area contributed by atoms with E-state index in [-0.39, 0.29) is 0 Å². The lowest BCUT2D eigenvalue weighted by Crippen LogP contribution is -1.71. The Balaban J connectivity index is 2.91. The Kier molecular flexibility index (Phi) is 1.77. The first-order valence-corrected chi connectivity index (χ1v) is 4.70. The van der Waals surface area contributed by atoms with Gasteiger partial charge in [-0.25, -0.2) is 0 Å². The summed E-state index contributed by atoms with van der Waals surface area (Å²) in [4.78, 5) is 3.09. The Labute approximate surface area is 81.1 Å². The van der Waals surface area contributed by atoms with Crippen LogP contribution in [0.4, 0.5) is 0 Å². The van der Waals surface area contributed by atoms with Gasteiger partial charge in [-0.05, 0) is 28.1 Å². The van der Waals surface area contributed by atoms with E-state index in [1.807, 2.05) is 18.3 Å². The number of halogens is 2. The highest BCUT2D eigenvalue weighted by Crippen LogP contribution is 2.26. The molecule has 11 heavy (non-hydrogen) atoms. The Morgan fingerprint density at radius 3 is 2.91 bits per heavy atom. The van der Waals surface area contributed by atoms with E-state index in [0.717, 1.165) is 19.8 Å². The van der Waals surface area contributed by atoms with Gasteiger partial charge in [0.1, 0.15) is 0 Å². The van der Waals surface area contributed by atoms with Crippen molar-refractivity contribution < 1.29 is 0 Å². The van der Waals surface area contributed by atoms with Gasteiger partial charge in [0, 0.05) is 26.6 Å². The Morgan fingerprint density at radius 1 is 1.27 bits per heavy atom. The van der Waals surface area contributed by atoms with Gasteiger partial charge in [0.25, 0.3) is 0 Å². The third-order valence-electron chi connectivity index (χ3n) is 1.50. The molecule has 1 N–H and O–H groups in total. The largest absolute Gasteiger partial charge is 0.360 e. The number of aromatic nitrogens is 1. The lowest BCUT2D eigenvalue weighted by atomic mass is 10.3. The second-order valence-corrected chi connectivity index (χ2v) is 4.01. The fraction of sp³-hybridized carbons (Fsp3) is 0. The van der Waals surface area contributed by atoms with E-state index in [1.54, 1.807) is 0 Å². The van der Waals surface area contributed by atoms with Crippen molar-refractivity contribution in [3.63, 3.8) is 0 Å². The van der Waals surface area contributed by atoms with Crippen molar-refractivity contribution in [1.29, 1.82) is 0 Å². The molecule has 2 aromatic rings. The molecule has 1 nitrogen and oxygen atoms in total. The SMILES string of the molecule is Brc1cc(Br)c2[nH]c[c]c2c1. The van der Waals surface area contributed by atoms with Gasteiger partial charge < -0.3 is 4.98 Å². The molecule has 0 unspecified atom stereocenters. The van der Waals surface area contributed by atoms with Crippen LogP contribution in [0, 0.1) is 6.07 Å². The minimum Gasteiger partial charge on any atom is -0.360 e. The Hall–Kier alpha value is -0.280. The highest BCUT2D eigenvalue weighted by atomic mass is 79.9. The maximum atomic E-state index is 3.45. The minimum absolute atomic E-state index is 1.06. The van der Waals surface area contributed by atoms with Crippen molar-refractivity contribution in [2.45, 2.75) is 0 Å². The van der Waals surface area contributed by atoms with Crippen LogP contribution in [-0.2, 0) is 0 Å². The molecule has 55 valence electrons. The summed E-state index contributed by atoms with van der Waals surface area (Å²) in [5, 5.41) is 1.09. The molecule has 1 aromatic heterocycles. The summed E-state index contributed by atoms with van der Waals surface area (Å²) < 4.78 is 2.12. The molecule has 1 heterocycles. The average molecular weight is 274 g/mol. The van der Waals surface area contributed by atoms with E-state index in [2.05, 4.69) is 42.9 Å². The van der Waals surface area contributed by atoms with Gasteiger partial charge in [0.15, 0.2) is 0 Å². The predicted molar refractivity (Wildman–Crippen MR) is 52.5 cm³/mol. The molecule has 0 bridgehead atoms. The van der Waals surface area contributed by atoms with Crippen LogP contribution in [0.1, 0.15) is 0 Å². The topological polar surface area (TPSA) is 15.8 Å². The number of hydrogen-bond acceptors (Lipinski definition) is 0. The quantitative estimate of drug-likeness (QED) is 0.756.